The third-order valence-corrected chi connectivity index (χ3v) is 6.19. The van der Waals surface area contributed by atoms with E-state index in [1.165, 1.54) is 26.4 Å². The molecular formula is C13H22O3S. The molecule has 0 heterocycles. The molecule has 0 saturated heterocycles. The Morgan fingerprint density at radius 1 is 1.29 bits per heavy atom. The maximum absolute atomic E-state index is 12.3. The van der Waals surface area contributed by atoms with Crippen LogP contribution in [0.3, 0.4) is 0 Å². The summed E-state index contributed by atoms with van der Waals surface area (Å²) in [4.78, 5) is 11.3. The molecule has 0 N–H and O–H groups in total. The van der Waals surface area contributed by atoms with Crippen LogP contribution >= 0.6 is 0 Å². The van der Waals surface area contributed by atoms with E-state index in [-0.39, 0.29) is 11.4 Å². The van der Waals surface area contributed by atoms with Crippen molar-refractivity contribution in [3.63, 3.8) is 0 Å². The zero-order valence-electron chi connectivity index (χ0n) is 10.6. The second-order valence-corrected chi connectivity index (χ2v) is 7.25. The molecule has 2 aliphatic rings. The fourth-order valence-electron chi connectivity index (χ4n) is 2.67. The second kappa shape index (κ2) is 5.51. The van der Waals surface area contributed by atoms with Crippen molar-refractivity contribution in [2.75, 3.05) is 12.9 Å². The predicted molar refractivity (Wildman–Crippen MR) is 68.2 cm³/mol. The number of ether oxygens (including phenoxy) is 1. The minimum absolute atomic E-state index is 0.0232. The summed E-state index contributed by atoms with van der Waals surface area (Å²) in [5.74, 6) is 0.565. The van der Waals surface area contributed by atoms with Crippen molar-refractivity contribution in [1.82, 2.24) is 0 Å². The quantitative estimate of drug-likeness (QED) is 0.711. The van der Waals surface area contributed by atoms with Crippen LogP contribution in [0.25, 0.3) is 0 Å². The zero-order valence-corrected chi connectivity index (χ0v) is 11.4. The van der Waals surface area contributed by atoms with Gasteiger partial charge in [-0.1, -0.05) is 19.3 Å². The number of hydrogen-bond acceptors (Lipinski definition) is 3. The monoisotopic (exact) mass is 258 g/mol. The lowest BCUT2D eigenvalue weighted by Crippen LogP contribution is -2.26. The Hall–Kier alpha value is -0.380. The molecule has 0 amide bonds. The molecule has 0 aliphatic heterocycles. The van der Waals surface area contributed by atoms with Gasteiger partial charge in [0.1, 0.15) is 0 Å². The third-order valence-electron chi connectivity index (χ3n) is 4.08. The van der Waals surface area contributed by atoms with Crippen LogP contribution < -0.4 is 0 Å². The summed E-state index contributed by atoms with van der Waals surface area (Å²) in [6, 6.07) is 0. The van der Waals surface area contributed by atoms with E-state index in [4.69, 9.17) is 4.74 Å². The number of esters is 1. The molecule has 3 nitrogen and oxygen atoms in total. The molecule has 4 heteroatoms. The van der Waals surface area contributed by atoms with E-state index in [0.717, 1.165) is 25.7 Å². The molecule has 0 aromatic carbocycles. The summed E-state index contributed by atoms with van der Waals surface area (Å²) in [5, 5.41) is 0.388. The fraction of sp³-hybridized carbons (Fsp3) is 0.923. The van der Waals surface area contributed by atoms with E-state index in [2.05, 4.69) is 0 Å². The lowest BCUT2D eigenvalue weighted by Gasteiger charge is -2.23. The normalized spacial score (nSPS) is 25.2. The van der Waals surface area contributed by atoms with Gasteiger partial charge in [0.05, 0.1) is 13.5 Å². The molecular weight excluding hydrogens is 236 g/mol. The average molecular weight is 258 g/mol. The highest BCUT2D eigenvalue weighted by Crippen LogP contribution is 2.50. The number of carbonyl (C=O) groups is 1. The Bertz CT molecular complexity index is 304. The van der Waals surface area contributed by atoms with Gasteiger partial charge in [0, 0.05) is 21.8 Å². The molecule has 0 aromatic heterocycles. The fourth-order valence-corrected chi connectivity index (χ4v) is 4.76. The van der Waals surface area contributed by atoms with Gasteiger partial charge < -0.3 is 4.74 Å². The van der Waals surface area contributed by atoms with Crippen molar-refractivity contribution >= 4 is 16.8 Å². The van der Waals surface area contributed by atoms with E-state index < -0.39 is 10.8 Å². The van der Waals surface area contributed by atoms with Crippen LogP contribution in [0.1, 0.15) is 51.4 Å². The molecule has 1 unspecified atom stereocenters. The molecule has 0 radical (unpaired) electrons. The molecule has 98 valence electrons. The Kier molecular flexibility index (Phi) is 4.23. The second-order valence-electron chi connectivity index (χ2n) is 5.54. The lowest BCUT2D eigenvalue weighted by atomic mass is 10.0. The number of hydrogen-bond donors (Lipinski definition) is 0. The maximum atomic E-state index is 12.3. The Labute approximate surface area is 106 Å². The van der Waals surface area contributed by atoms with E-state index >= 15 is 0 Å². The van der Waals surface area contributed by atoms with Gasteiger partial charge in [0.15, 0.2) is 0 Å². The van der Waals surface area contributed by atoms with Crippen LogP contribution in [0.4, 0.5) is 0 Å². The van der Waals surface area contributed by atoms with Crippen LogP contribution in [-0.4, -0.2) is 28.3 Å². The van der Waals surface area contributed by atoms with Gasteiger partial charge >= 0.3 is 5.97 Å². The summed E-state index contributed by atoms with van der Waals surface area (Å²) < 4.78 is 17.0. The summed E-state index contributed by atoms with van der Waals surface area (Å²) in [6.45, 7) is 0. The Morgan fingerprint density at radius 3 is 2.47 bits per heavy atom. The largest absolute Gasteiger partial charge is 0.469 e. The van der Waals surface area contributed by atoms with Crippen LogP contribution in [0.15, 0.2) is 0 Å². The first-order valence-corrected chi connectivity index (χ1v) is 7.97. The molecule has 0 aromatic rings. The van der Waals surface area contributed by atoms with Gasteiger partial charge in [-0.3, -0.25) is 9.00 Å². The van der Waals surface area contributed by atoms with Gasteiger partial charge in [0.25, 0.3) is 0 Å². The molecule has 1 atom stereocenters. The van der Waals surface area contributed by atoms with E-state index in [0.29, 0.717) is 17.4 Å². The molecule has 2 aliphatic carbocycles. The highest BCUT2D eigenvalue weighted by Gasteiger charge is 2.46. The zero-order chi connectivity index (χ0) is 12.3. The first-order chi connectivity index (χ1) is 8.15. The van der Waals surface area contributed by atoms with Crippen molar-refractivity contribution < 1.29 is 13.7 Å². The molecule has 2 fully saturated rings. The highest BCUT2D eigenvalue weighted by molar-refractivity contribution is 7.85. The average Bonchev–Trinajstić information content (AvgIpc) is 3.09. The van der Waals surface area contributed by atoms with Crippen molar-refractivity contribution in [3.8, 4) is 0 Å². The first kappa shape index (κ1) is 13.1. The number of carbonyl (C=O) groups excluding carboxylic acids is 1. The smallest absolute Gasteiger partial charge is 0.306 e. The number of rotatable bonds is 5. The SMILES string of the molecule is COC(=O)CC1(CS(=O)C2CCCCC2)CC1. The van der Waals surface area contributed by atoms with Gasteiger partial charge in [-0.2, -0.15) is 0 Å². The first-order valence-electron chi connectivity index (χ1n) is 6.59. The predicted octanol–water partition coefficient (Wildman–Crippen LogP) is 2.41. The molecule has 0 spiro atoms. The molecule has 17 heavy (non-hydrogen) atoms. The van der Waals surface area contributed by atoms with Crippen molar-refractivity contribution in [1.29, 1.82) is 0 Å². The molecule has 2 saturated carbocycles. The van der Waals surface area contributed by atoms with Crippen LogP contribution in [0.2, 0.25) is 0 Å². The summed E-state index contributed by atoms with van der Waals surface area (Å²) in [5.41, 5.74) is 0.0232. The summed E-state index contributed by atoms with van der Waals surface area (Å²) >= 11 is 0. The standard InChI is InChI=1S/C13H22O3S/c1-16-12(14)9-13(7-8-13)10-17(15)11-5-3-2-4-6-11/h11H,2-10H2,1H3. The summed E-state index contributed by atoms with van der Waals surface area (Å²) in [6.07, 6.45) is 8.51. The topological polar surface area (TPSA) is 43.4 Å². The number of methoxy groups -OCH3 is 1. The van der Waals surface area contributed by atoms with E-state index in [1.54, 1.807) is 0 Å². The minimum Gasteiger partial charge on any atom is -0.469 e. The van der Waals surface area contributed by atoms with Crippen molar-refractivity contribution in [2.24, 2.45) is 5.41 Å². The van der Waals surface area contributed by atoms with Crippen LogP contribution in [-0.2, 0) is 20.3 Å². The highest BCUT2D eigenvalue weighted by atomic mass is 32.2. The van der Waals surface area contributed by atoms with Gasteiger partial charge in [-0.25, -0.2) is 0 Å². The van der Waals surface area contributed by atoms with E-state index in [1.807, 2.05) is 0 Å². The Balaban J connectivity index is 1.83. The van der Waals surface area contributed by atoms with Gasteiger partial charge in [-0.15, -0.1) is 0 Å². The van der Waals surface area contributed by atoms with Gasteiger partial charge in [0.2, 0.25) is 0 Å². The Morgan fingerprint density at radius 2 is 1.94 bits per heavy atom. The van der Waals surface area contributed by atoms with Gasteiger partial charge in [-0.05, 0) is 31.1 Å². The van der Waals surface area contributed by atoms with Crippen LogP contribution in [0.5, 0.6) is 0 Å². The lowest BCUT2D eigenvalue weighted by molar-refractivity contribution is -0.141. The summed E-state index contributed by atoms with van der Waals surface area (Å²) in [7, 11) is 0.688. The van der Waals surface area contributed by atoms with Crippen molar-refractivity contribution in [3.05, 3.63) is 0 Å². The maximum Gasteiger partial charge on any atom is 0.306 e. The van der Waals surface area contributed by atoms with Crippen LogP contribution in [0, 0.1) is 5.41 Å². The van der Waals surface area contributed by atoms with E-state index in [9.17, 15) is 9.00 Å². The third kappa shape index (κ3) is 3.54. The molecule has 0 bridgehead atoms. The molecule has 2 rings (SSSR count). The van der Waals surface area contributed by atoms with Crippen molar-refractivity contribution in [2.45, 2.75) is 56.6 Å². The minimum atomic E-state index is -0.740.